The van der Waals surface area contributed by atoms with E-state index >= 15 is 0 Å². The average molecular weight is 547 g/mol. The van der Waals surface area contributed by atoms with Crippen LogP contribution < -0.4 is 15.5 Å². The number of piperazine rings is 1. The number of carbonyl (C=O) groups excluding carboxylic acids is 2. The molecule has 3 aromatic carbocycles. The van der Waals surface area contributed by atoms with Crippen LogP contribution in [0.3, 0.4) is 0 Å². The zero-order chi connectivity index (χ0) is 27.4. The predicted molar refractivity (Wildman–Crippen MR) is 154 cm³/mol. The van der Waals surface area contributed by atoms with Crippen LogP contribution in [-0.4, -0.2) is 60.1 Å². The number of amides is 2. The molecule has 3 atom stereocenters. The quantitative estimate of drug-likeness (QED) is 0.422. The summed E-state index contributed by atoms with van der Waals surface area (Å²) in [5, 5.41) is 17.2. The molecule has 0 unspecified atom stereocenters. The van der Waals surface area contributed by atoms with Crippen LogP contribution in [0.4, 0.5) is 5.69 Å². The van der Waals surface area contributed by atoms with Gasteiger partial charge >= 0.3 is 0 Å². The number of para-hydroxylation sites is 1. The summed E-state index contributed by atoms with van der Waals surface area (Å²) < 4.78 is 0. The van der Waals surface area contributed by atoms with Crippen molar-refractivity contribution in [1.29, 1.82) is 0 Å². The lowest BCUT2D eigenvalue weighted by molar-refractivity contribution is -0.137. The highest BCUT2D eigenvalue weighted by atomic mass is 35.5. The molecule has 39 heavy (non-hydrogen) atoms. The first-order valence-electron chi connectivity index (χ1n) is 13.5. The second-order valence-corrected chi connectivity index (χ2v) is 10.8. The number of hydrogen-bond acceptors (Lipinski definition) is 5. The molecule has 5 rings (SSSR count). The number of rotatable bonds is 7. The minimum absolute atomic E-state index is 0.0852. The molecule has 2 aliphatic rings. The van der Waals surface area contributed by atoms with E-state index in [9.17, 15) is 14.7 Å². The van der Waals surface area contributed by atoms with Crippen LogP contribution in [0.1, 0.15) is 35.3 Å². The maximum Gasteiger partial charge on any atom is 0.245 e. The van der Waals surface area contributed by atoms with Crippen LogP contribution in [0.2, 0.25) is 5.02 Å². The third kappa shape index (κ3) is 6.44. The number of anilines is 1. The molecule has 7 nitrogen and oxygen atoms in total. The van der Waals surface area contributed by atoms with Gasteiger partial charge in [0, 0.05) is 55.4 Å². The lowest BCUT2D eigenvalue weighted by atomic mass is 9.95. The summed E-state index contributed by atoms with van der Waals surface area (Å²) >= 11 is 6.08. The SMILES string of the molecule is C[C@H](O)c1ccccc1N1CCN(C(=O)[C@@H](Cc2ccc(Cl)cc2)NC(=O)[C@H]2Cc3ccccc3CN2)CC1. The fourth-order valence-electron chi connectivity index (χ4n) is 5.49. The number of halogens is 1. The van der Waals surface area contributed by atoms with Crippen LogP contribution in [0.5, 0.6) is 0 Å². The Labute approximate surface area is 234 Å². The number of aliphatic hydroxyl groups excluding tert-OH is 1. The largest absolute Gasteiger partial charge is 0.389 e. The van der Waals surface area contributed by atoms with E-state index in [0.717, 1.165) is 22.4 Å². The van der Waals surface area contributed by atoms with Crippen LogP contribution in [0.25, 0.3) is 0 Å². The Hall–Kier alpha value is -3.39. The fraction of sp³-hybridized carbons (Fsp3) is 0.355. The van der Waals surface area contributed by atoms with Crippen LogP contribution in [-0.2, 0) is 29.0 Å². The molecule has 2 amide bonds. The van der Waals surface area contributed by atoms with Crippen LogP contribution in [0.15, 0.2) is 72.8 Å². The van der Waals surface area contributed by atoms with Gasteiger partial charge in [-0.15, -0.1) is 0 Å². The van der Waals surface area contributed by atoms with Crippen molar-refractivity contribution in [2.24, 2.45) is 0 Å². The van der Waals surface area contributed by atoms with Crippen LogP contribution in [0, 0.1) is 0 Å². The van der Waals surface area contributed by atoms with Crippen molar-refractivity contribution >= 4 is 29.1 Å². The van der Waals surface area contributed by atoms with Gasteiger partial charge in [0.15, 0.2) is 0 Å². The summed E-state index contributed by atoms with van der Waals surface area (Å²) in [4.78, 5) is 31.3. The lowest BCUT2D eigenvalue weighted by Crippen LogP contribution is -2.58. The van der Waals surface area contributed by atoms with Gasteiger partial charge in [0.25, 0.3) is 0 Å². The summed E-state index contributed by atoms with van der Waals surface area (Å²) in [5.74, 6) is -0.251. The molecule has 8 heteroatoms. The molecule has 3 N–H and O–H groups in total. The molecule has 2 heterocycles. The van der Waals surface area contributed by atoms with E-state index in [2.05, 4.69) is 27.7 Å². The van der Waals surface area contributed by atoms with E-state index in [1.807, 2.05) is 53.4 Å². The predicted octanol–water partition coefficient (Wildman–Crippen LogP) is 3.48. The highest BCUT2D eigenvalue weighted by Gasteiger charge is 2.32. The summed E-state index contributed by atoms with van der Waals surface area (Å²) in [6.45, 7) is 4.77. The molecular formula is C31H35ClN4O3. The number of fused-ring (bicyclic) bond motifs is 1. The van der Waals surface area contributed by atoms with Crippen LogP contribution >= 0.6 is 11.6 Å². The Balaban J connectivity index is 1.28. The molecule has 3 aromatic rings. The number of nitrogens with one attached hydrogen (secondary N) is 2. The first kappa shape index (κ1) is 27.2. The second kappa shape index (κ2) is 12.2. The summed E-state index contributed by atoms with van der Waals surface area (Å²) in [6.07, 6.45) is 0.404. The molecule has 0 bridgehead atoms. The van der Waals surface area contributed by atoms with Gasteiger partial charge in [-0.2, -0.15) is 0 Å². The minimum atomic E-state index is -0.686. The van der Waals surface area contributed by atoms with E-state index in [1.165, 1.54) is 5.56 Å². The van der Waals surface area contributed by atoms with Crippen molar-refractivity contribution in [3.05, 3.63) is 100 Å². The minimum Gasteiger partial charge on any atom is -0.389 e. The molecule has 0 saturated carbocycles. The van der Waals surface area contributed by atoms with Gasteiger partial charge in [0.05, 0.1) is 12.1 Å². The molecule has 1 saturated heterocycles. The Morgan fingerprint density at radius 3 is 2.36 bits per heavy atom. The molecule has 0 aromatic heterocycles. The molecule has 0 aliphatic carbocycles. The monoisotopic (exact) mass is 546 g/mol. The number of benzene rings is 3. The van der Waals surface area contributed by atoms with Crippen molar-refractivity contribution in [3.63, 3.8) is 0 Å². The van der Waals surface area contributed by atoms with E-state index in [4.69, 9.17) is 11.6 Å². The smallest absolute Gasteiger partial charge is 0.245 e. The van der Waals surface area contributed by atoms with Gasteiger partial charge in [0.1, 0.15) is 6.04 Å². The average Bonchev–Trinajstić information content (AvgIpc) is 2.97. The highest BCUT2D eigenvalue weighted by Crippen LogP contribution is 2.27. The summed E-state index contributed by atoms with van der Waals surface area (Å²) in [7, 11) is 0. The molecule has 204 valence electrons. The first-order valence-corrected chi connectivity index (χ1v) is 13.9. The van der Waals surface area contributed by atoms with Crippen molar-refractivity contribution in [1.82, 2.24) is 15.5 Å². The van der Waals surface area contributed by atoms with Crippen molar-refractivity contribution in [3.8, 4) is 0 Å². The van der Waals surface area contributed by atoms with Gasteiger partial charge in [-0.1, -0.05) is 66.2 Å². The van der Waals surface area contributed by atoms with Gasteiger partial charge in [0.2, 0.25) is 11.8 Å². The van der Waals surface area contributed by atoms with Crippen molar-refractivity contribution in [2.75, 3.05) is 31.1 Å². The van der Waals surface area contributed by atoms with E-state index in [1.54, 1.807) is 19.1 Å². The zero-order valence-corrected chi connectivity index (χ0v) is 22.9. The Kier molecular flexibility index (Phi) is 8.50. The number of carbonyl (C=O) groups is 2. The maximum absolute atomic E-state index is 13.8. The number of hydrogen-bond donors (Lipinski definition) is 3. The van der Waals surface area contributed by atoms with Crippen molar-refractivity contribution in [2.45, 2.75) is 44.5 Å². The summed E-state index contributed by atoms with van der Waals surface area (Å²) in [5.41, 5.74) is 5.17. The van der Waals surface area contributed by atoms with E-state index < -0.39 is 18.2 Å². The number of nitrogens with zero attached hydrogens (tertiary/aromatic N) is 2. The maximum atomic E-state index is 13.8. The van der Waals surface area contributed by atoms with E-state index in [-0.39, 0.29) is 11.8 Å². The molecule has 1 fully saturated rings. The van der Waals surface area contributed by atoms with Gasteiger partial charge in [-0.3, -0.25) is 9.59 Å². The summed E-state index contributed by atoms with van der Waals surface area (Å²) in [6, 6.07) is 22.3. The zero-order valence-electron chi connectivity index (χ0n) is 22.1. The highest BCUT2D eigenvalue weighted by molar-refractivity contribution is 6.30. The molecular weight excluding hydrogens is 512 g/mol. The third-order valence-corrected chi connectivity index (χ3v) is 7.94. The van der Waals surface area contributed by atoms with Crippen molar-refractivity contribution < 1.29 is 14.7 Å². The Morgan fingerprint density at radius 1 is 0.974 bits per heavy atom. The molecule has 2 aliphatic heterocycles. The van der Waals surface area contributed by atoms with E-state index in [0.29, 0.717) is 50.6 Å². The molecule has 0 radical (unpaired) electrons. The first-order chi connectivity index (χ1) is 18.9. The second-order valence-electron chi connectivity index (χ2n) is 10.3. The van der Waals surface area contributed by atoms with Gasteiger partial charge in [-0.25, -0.2) is 0 Å². The lowest BCUT2D eigenvalue weighted by Gasteiger charge is -2.39. The molecule has 0 spiro atoms. The fourth-order valence-corrected chi connectivity index (χ4v) is 5.61. The Bertz CT molecular complexity index is 1310. The van der Waals surface area contributed by atoms with Gasteiger partial charge < -0.3 is 25.5 Å². The third-order valence-electron chi connectivity index (χ3n) is 7.68. The number of aliphatic hydroxyl groups is 1. The normalized spacial score (nSPS) is 18.7. The topological polar surface area (TPSA) is 84.9 Å². The Morgan fingerprint density at radius 2 is 1.64 bits per heavy atom. The van der Waals surface area contributed by atoms with Gasteiger partial charge in [-0.05, 0) is 48.2 Å². The standard InChI is InChI=1S/C31H35ClN4O3/c1-21(37)26-8-4-5-9-29(26)35-14-16-36(17-15-35)31(39)28(18-22-10-12-25(32)13-11-22)34-30(38)27-19-23-6-2-3-7-24(23)20-33-27/h2-13,21,27-28,33,37H,14-20H2,1H3,(H,34,38)/t21-,27+,28+/m0/s1.